The summed E-state index contributed by atoms with van der Waals surface area (Å²) in [5.41, 5.74) is 1.58. The lowest BCUT2D eigenvalue weighted by atomic mass is 9.90. The third-order valence-electron chi connectivity index (χ3n) is 5.74. The molecule has 1 fully saturated rings. The van der Waals surface area contributed by atoms with Gasteiger partial charge >= 0.3 is 0 Å². The second kappa shape index (κ2) is 10.3. The molecule has 8 heteroatoms. The largest absolute Gasteiger partial charge is 0.492 e. The van der Waals surface area contributed by atoms with Gasteiger partial charge in [0.05, 0.1) is 6.61 Å². The van der Waals surface area contributed by atoms with Crippen LogP contribution in [0.3, 0.4) is 0 Å². The van der Waals surface area contributed by atoms with Gasteiger partial charge in [0.2, 0.25) is 0 Å². The number of fused-ring (bicyclic) bond motifs is 1. The van der Waals surface area contributed by atoms with Gasteiger partial charge in [-0.15, -0.1) is 11.3 Å². The van der Waals surface area contributed by atoms with Crippen LogP contribution in [-0.4, -0.2) is 71.6 Å². The molecular formula is C24H29NO6S. The highest BCUT2D eigenvalue weighted by Gasteiger charge is 2.44. The minimum absolute atomic E-state index is 0.413. The van der Waals surface area contributed by atoms with Crippen molar-refractivity contribution in [3.63, 3.8) is 0 Å². The fraction of sp³-hybridized carbons (Fsp3) is 0.417. The van der Waals surface area contributed by atoms with Crippen molar-refractivity contribution >= 4 is 21.4 Å². The minimum Gasteiger partial charge on any atom is -0.492 e. The van der Waals surface area contributed by atoms with E-state index in [9.17, 15) is 20.4 Å². The summed E-state index contributed by atoms with van der Waals surface area (Å²) in [5, 5.41) is 44.9. The lowest BCUT2D eigenvalue weighted by molar-refractivity contribution is -0.232. The molecule has 1 saturated heterocycles. The molecule has 3 aromatic rings. The normalized spacial score (nSPS) is 25.8. The number of likely N-dealkylation sites (N-methyl/N-ethyl adjacent to an activating group) is 1. The zero-order valence-corrected chi connectivity index (χ0v) is 18.7. The van der Waals surface area contributed by atoms with E-state index in [1.54, 1.807) is 11.3 Å². The molecule has 5 atom stereocenters. The van der Waals surface area contributed by atoms with Crippen molar-refractivity contribution in [1.82, 2.24) is 5.32 Å². The predicted molar refractivity (Wildman–Crippen MR) is 123 cm³/mol. The van der Waals surface area contributed by atoms with Gasteiger partial charge in [-0.1, -0.05) is 24.3 Å². The van der Waals surface area contributed by atoms with Crippen LogP contribution in [0.5, 0.6) is 5.75 Å². The van der Waals surface area contributed by atoms with Crippen molar-refractivity contribution in [2.75, 3.05) is 26.8 Å². The van der Waals surface area contributed by atoms with Crippen LogP contribution in [-0.2, 0) is 11.2 Å². The van der Waals surface area contributed by atoms with Crippen LogP contribution in [0.15, 0.2) is 48.5 Å². The Hall–Kier alpha value is -2.04. The molecule has 1 aliphatic rings. The first-order valence-electron chi connectivity index (χ1n) is 10.7. The molecule has 0 bridgehead atoms. The Balaban J connectivity index is 1.65. The summed E-state index contributed by atoms with van der Waals surface area (Å²) in [6.07, 6.45) is -5.43. The van der Waals surface area contributed by atoms with Crippen LogP contribution >= 0.6 is 11.3 Å². The fourth-order valence-electron chi connectivity index (χ4n) is 4.01. The van der Waals surface area contributed by atoms with Gasteiger partial charge in [-0.2, -0.15) is 0 Å². The maximum atomic E-state index is 10.7. The summed E-state index contributed by atoms with van der Waals surface area (Å²) in [6, 6.07) is 16.1. The molecule has 7 nitrogen and oxygen atoms in total. The number of rotatable bonds is 8. The molecule has 0 unspecified atom stereocenters. The lowest BCUT2D eigenvalue weighted by Gasteiger charge is -2.40. The van der Waals surface area contributed by atoms with Crippen molar-refractivity contribution in [2.24, 2.45) is 0 Å². The highest BCUT2D eigenvalue weighted by atomic mass is 32.1. The van der Waals surface area contributed by atoms with Crippen molar-refractivity contribution in [1.29, 1.82) is 0 Å². The van der Waals surface area contributed by atoms with E-state index >= 15 is 0 Å². The maximum absolute atomic E-state index is 10.7. The van der Waals surface area contributed by atoms with E-state index in [4.69, 9.17) is 9.47 Å². The van der Waals surface area contributed by atoms with Crippen LogP contribution < -0.4 is 10.1 Å². The number of ether oxygens (including phenoxy) is 2. The topological polar surface area (TPSA) is 111 Å². The zero-order valence-electron chi connectivity index (χ0n) is 17.8. The van der Waals surface area contributed by atoms with Crippen LogP contribution in [0.25, 0.3) is 10.1 Å². The maximum Gasteiger partial charge on any atom is 0.125 e. The summed E-state index contributed by atoms with van der Waals surface area (Å²) in [6.45, 7) is 0.576. The van der Waals surface area contributed by atoms with E-state index in [1.807, 2.05) is 37.4 Å². The Morgan fingerprint density at radius 2 is 1.84 bits per heavy atom. The van der Waals surface area contributed by atoms with Crippen molar-refractivity contribution in [3.05, 3.63) is 64.5 Å². The summed E-state index contributed by atoms with van der Waals surface area (Å²) >= 11 is 1.73. The zero-order chi connectivity index (χ0) is 22.7. The van der Waals surface area contributed by atoms with Crippen LogP contribution in [0, 0.1) is 0 Å². The first-order chi connectivity index (χ1) is 15.5. The van der Waals surface area contributed by atoms with Gasteiger partial charge in [0.25, 0.3) is 0 Å². The third-order valence-corrected chi connectivity index (χ3v) is 6.85. The Morgan fingerprint density at radius 3 is 2.59 bits per heavy atom. The summed E-state index contributed by atoms with van der Waals surface area (Å²) in [4.78, 5) is 1.20. The van der Waals surface area contributed by atoms with E-state index in [1.165, 1.54) is 15.0 Å². The van der Waals surface area contributed by atoms with Crippen molar-refractivity contribution < 1.29 is 29.9 Å². The van der Waals surface area contributed by atoms with E-state index in [-0.39, 0.29) is 0 Å². The number of hydrogen-bond donors (Lipinski definition) is 5. The van der Waals surface area contributed by atoms with E-state index in [0.29, 0.717) is 30.9 Å². The molecule has 1 aromatic heterocycles. The minimum atomic E-state index is -1.44. The first kappa shape index (κ1) is 23.1. The Morgan fingerprint density at radius 1 is 1.03 bits per heavy atom. The van der Waals surface area contributed by atoms with E-state index < -0.39 is 37.1 Å². The van der Waals surface area contributed by atoms with E-state index in [0.717, 1.165) is 5.56 Å². The van der Waals surface area contributed by atoms with Gasteiger partial charge < -0.3 is 35.2 Å². The Bertz CT molecular complexity index is 1010. The monoisotopic (exact) mass is 459 g/mol. The molecule has 1 aliphatic heterocycles. The molecule has 32 heavy (non-hydrogen) atoms. The second-order valence-electron chi connectivity index (χ2n) is 8.00. The number of benzene rings is 2. The van der Waals surface area contributed by atoms with Gasteiger partial charge in [-0.05, 0) is 42.3 Å². The molecule has 0 radical (unpaired) electrons. The highest BCUT2D eigenvalue weighted by molar-refractivity contribution is 7.19. The number of thiophene rings is 1. The van der Waals surface area contributed by atoms with Crippen molar-refractivity contribution in [3.8, 4) is 5.75 Å². The Kier molecular flexibility index (Phi) is 7.42. The van der Waals surface area contributed by atoms with Crippen LogP contribution in [0.2, 0.25) is 0 Å². The molecule has 0 spiro atoms. The van der Waals surface area contributed by atoms with E-state index in [2.05, 4.69) is 23.5 Å². The summed E-state index contributed by atoms with van der Waals surface area (Å²) in [7, 11) is 1.83. The van der Waals surface area contributed by atoms with Gasteiger partial charge in [0.15, 0.2) is 0 Å². The van der Waals surface area contributed by atoms with Gasteiger partial charge in [0, 0.05) is 28.1 Å². The van der Waals surface area contributed by atoms with Crippen LogP contribution in [0.1, 0.15) is 22.1 Å². The van der Waals surface area contributed by atoms with Gasteiger partial charge in [-0.3, -0.25) is 0 Å². The molecule has 2 aromatic carbocycles. The number of aliphatic hydroxyl groups is 4. The molecule has 4 rings (SSSR count). The second-order valence-corrected chi connectivity index (χ2v) is 9.17. The number of aliphatic hydroxyl groups excluding tert-OH is 4. The number of nitrogens with one attached hydrogen (secondary N) is 1. The molecule has 0 amide bonds. The van der Waals surface area contributed by atoms with Gasteiger partial charge in [-0.25, -0.2) is 0 Å². The molecule has 172 valence electrons. The first-order valence-corrected chi connectivity index (χ1v) is 11.5. The standard InChI is InChI=1S/C24H29NO6S/c1-25-8-9-30-18-7-6-14(10-16-12-15-4-2-3-5-20(15)32-16)11-17(18)24-23(29)22(28)21(27)19(13-26)31-24/h2-7,11-12,19,21-29H,8-10,13H2,1H3/t19-,21-,22+,23-,24+/m1/s1. The SMILES string of the molecule is CNCCOc1ccc(Cc2cc3ccccc3s2)cc1[C@@H]1O[C@H](CO)[C@@H](O)[C@H](O)[C@H]1O. The van der Waals surface area contributed by atoms with Crippen molar-refractivity contribution in [2.45, 2.75) is 36.9 Å². The molecule has 0 aliphatic carbocycles. The average molecular weight is 460 g/mol. The quantitative estimate of drug-likeness (QED) is 0.326. The molecule has 2 heterocycles. The average Bonchev–Trinajstić information content (AvgIpc) is 3.21. The number of hydrogen-bond acceptors (Lipinski definition) is 8. The lowest BCUT2D eigenvalue weighted by Crippen LogP contribution is -2.55. The smallest absolute Gasteiger partial charge is 0.125 e. The summed E-state index contributed by atoms with van der Waals surface area (Å²) < 4.78 is 12.9. The fourth-order valence-corrected chi connectivity index (χ4v) is 5.11. The molecule has 5 N–H and O–H groups in total. The van der Waals surface area contributed by atoms with Gasteiger partial charge in [0.1, 0.15) is 42.9 Å². The molecular weight excluding hydrogens is 430 g/mol. The highest BCUT2D eigenvalue weighted by Crippen LogP contribution is 2.38. The molecule has 0 saturated carbocycles. The Labute approximate surface area is 190 Å². The third kappa shape index (κ3) is 4.82. The predicted octanol–water partition coefficient (Wildman–Crippen LogP) is 1.61. The summed E-state index contributed by atoms with van der Waals surface area (Å²) in [5.74, 6) is 0.532. The van der Waals surface area contributed by atoms with Crippen LogP contribution in [0.4, 0.5) is 0 Å².